The van der Waals surface area contributed by atoms with Gasteiger partial charge in [0.25, 0.3) is 5.91 Å². The second-order valence-electron chi connectivity index (χ2n) is 5.93. The molecule has 0 fully saturated rings. The predicted molar refractivity (Wildman–Crippen MR) is 96.7 cm³/mol. The Bertz CT molecular complexity index is 921. The van der Waals surface area contributed by atoms with Crippen LogP contribution in [0.4, 0.5) is 4.39 Å². The van der Waals surface area contributed by atoms with Crippen molar-refractivity contribution in [3.05, 3.63) is 65.5 Å². The zero-order valence-corrected chi connectivity index (χ0v) is 14.8. The third-order valence-electron chi connectivity index (χ3n) is 4.00. The number of ether oxygens (including phenoxy) is 1. The molecule has 0 atom stereocenters. The van der Waals surface area contributed by atoms with Crippen molar-refractivity contribution in [2.45, 2.75) is 26.7 Å². The average Bonchev–Trinajstić information content (AvgIpc) is 3.06. The van der Waals surface area contributed by atoms with E-state index >= 15 is 0 Å². The van der Waals surface area contributed by atoms with E-state index in [9.17, 15) is 9.18 Å². The van der Waals surface area contributed by atoms with Gasteiger partial charge >= 0.3 is 6.01 Å². The summed E-state index contributed by atoms with van der Waals surface area (Å²) in [6, 6.07) is 13.4. The highest BCUT2D eigenvalue weighted by Crippen LogP contribution is 2.24. The largest absolute Gasteiger partial charge is 0.462 e. The monoisotopic (exact) mass is 353 g/mol. The molecule has 0 saturated heterocycles. The first-order valence-electron chi connectivity index (χ1n) is 8.57. The van der Waals surface area contributed by atoms with Gasteiger partial charge in [-0.2, -0.15) is 9.67 Å². The van der Waals surface area contributed by atoms with Crippen LogP contribution in [0, 0.1) is 12.7 Å². The van der Waals surface area contributed by atoms with Crippen LogP contribution in [-0.2, 0) is 0 Å². The lowest BCUT2D eigenvalue weighted by Gasteiger charge is -2.07. The lowest BCUT2D eigenvalue weighted by molar-refractivity contribution is 0.0944. The van der Waals surface area contributed by atoms with E-state index in [1.54, 1.807) is 30.3 Å². The van der Waals surface area contributed by atoms with Gasteiger partial charge in [0.1, 0.15) is 5.82 Å². The number of carbonyl (C=O) groups is 1. The number of rotatable bonds is 6. The first kappa shape index (κ1) is 17.8. The van der Waals surface area contributed by atoms with E-state index in [-0.39, 0.29) is 23.3 Å². The molecule has 1 heterocycles. The highest BCUT2D eigenvalue weighted by atomic mass is 19.1. The molecule has 0 aliphatic heterocycles. The summed E-state index contributed by atoms with van der Waals surface area (Å²) in [6.45, 7) is 4.32. The van der Waals surface area contributed by atoms with Crippen molar-refractivity contribution in [2.24, 2.45) is 0 Å². The van der Waals surface area contributed by atoms with Crippen LogP contribution in [0.5, 0.6) is 6.01 Å². The number of unbranched alkanes of at least 4 members (excludes halogenated alkanes) is 1. The molecule has 6 heteroatoms. The molecular weight excluding hydrogens is 333 g/mol. The average molecular weight is 353 g/mol. The summed E-state index contributed by atoms with van der Waals surface area (Å²) in [5.41, 5.74) is 1.49. The van der Waals surface area contributed by atoms with Crippen LogP contribution in [0.2, 0.25) is 0 Å². The zero-order chi connectivity index (χ0) is 18.5. The van der Waals surface area contributed by atoms with Gasteiger partial charge in [0.05, 0.1) is 12.2 Å². The second kappa shape index (κ2) is 7.91. The molecule has 1 aromatic heterocycles. The van der Waals surface area contributed by atoms with Crippen LogP contribution in [0.15, 0.2) is 48.5 Å². The molecule has 0 radical (unpaired) electrons. The van der Waals surface area contributed by atoms with Gasteiger partial charge < -0.3 is 4.74 Å². The van der Waals surface area contributed by atoms with Crippen molar-refractivity contribution in [2.75, 3.05) is 6.61 Å². The normalized spacial score (nSPS) is 10.7. The van der Waals surface area contributed by atoms with Gasteiger partial charge in [0.15, 0.2) is 5.82 Å². The molecule has 0 spiro atoms. The Morgan fingerprint density at radius 1 is 1.15 bits per heavy atom. The van der Waals surface area contributed by atoms with Crippen LogP contribution in [0.3, 0.4) is 0 Å². The van der Waals surface area contributed by atoms with Gasteiger partial charge in [0, 0.05) is 5.56 Å². The number of halogens is 1. The molecule has 5 nitrogen and oxygen atoms in total. The topological polar surface area (TPSA) is 57.0 Å². The van der Waals surface area contributed by atoms with Gasteiger partial charge in [0.2, 0.25) is 0 Å². The minimum absolute atomic E-state index is 0.0682. The van der Waals surface area contributed by atoms with Crippen LogP contribution in [0.25, 0.3) is 11.4 Å². The molecule has 2 aromatic carbocycles. The minimum Gasteiger partial charge on any atom is -0.462 e. The Balaban J connectivity index is 2.06. The first-order valence-corrected chi connectivity index (χ1v) is 8.57. The van der Waals surface area contributed by atoms with E-state index in [1.807, 2.05) is 26.0 Å². The Hall–Kier alpha value is -3.02. The highest BCUT2D eigenvalue weighted by Gasteiger charge is 2.22. The Morgan fingerprint density at radius 2 is 1.88 bits per heavy atom. The molecule has 26 heavy (non-hydrogen) atoms. The van der Waals surface area contributed by atoms with Crippen molar-refractivity contribution >= 4 is 5.91 Å². The Kier molecular flexibility index (Phi) is 5.41. The molecule has 0 unspecified atom stereocenters. The summed E-state index contributed by atoms with van der Waals surface area (Å²) in [6.07, 6.45) is 1.80. The van der Waals surface area contributed by atoms with Crippen LogP contribution in [-0.4, -0.2) is 27.3 Å². The fraction of sp³-hybridized carbons (Fsp3) is 0.250. The summed E-state index contributed by atoms with van der Waals surface area (Å²) < 4.78 is 20.9. The van der Waals surface area contributed by atoms with E-state index in [0.29, 0.717) is 12.2 Å². The number of aromatic nitrogens is 3. The smallest absolute Gasteiger partial charge is 0.336 e. The number of aryl methyl sites for hydroxylation is 1. The van der Waals surface area contributed by atoms with E-state index in [2.05, 4.69) is 10.1 Å². The second-order valence-corrected chi connectivity index (χ2v) is 5.93. The number of carbonyl (C=O) groups excluding carboxylic acids is 1. The van der Waals surface area contributed by atoms with Crippen LogP contribution < -0.4 is 4.74 Å². The van der Waals surface area contributed by atoms with Gasteiger partial charge in [-0.05, 0) is 37.1 Å². The van der Waals surface area contributed by atoms with Crippen molar-refractivity contribution in [3.63, 3.8) is 0 Å². The summed E-state index contributed by atoms with van der Waals surface area (Å²) >= 11 is 0. The van der Waals surface area contributed by atoms with Gasteiger partial charge in [-0.3, -0.25) is 4.79 Å². The molecule has 0 N–H and O–H groups in total. The van der Waals surface area contributed by atoms with Gasteiger partial charge in [-0.1, -0.05) is 43.7 Å². The molecule has 0 aliphatic rings. The predicted octanol–water partition coefficient (Wildman–Crippen LogP) is 4.26. The fourth-order valence-corrected chi connectivity index (χ4v) is 2.55. The van der Waals surface area contributed by atoms with Crippen LogP contribution in [0.1, 0.15) is 35.7 Å². The third kappa shape index (κ3) is 3.64. The molecule has 0 bridgehead atoms. The van der Waals surface area contributed by atoms with E-state index in [1.165, 1.54) is 6.07 Å². The van der Waals surface area contributed by atoms with E-state index in [0.717, 1.165) is 23.1 Å². The standard InChI is InChI=1S/C20H20FN3O2/c1-3-4-13-26-20-22-18(16-11-7-8-12-17(16)21)24(23-20)19(25)15-10-6-5-9-14(15)2/h5-12H,3-4,13H2,1-2H3. The molecule has 134 valence electrons. The molecular formula is C20H20FN3O2. The minimum atomic E-state index is -0.473. The number of benzene rings is 2. The fourth-order valence-electron chi connectivity index (χ4n) is 2.55. The summed E-state index contributed by atoms with van der Waals surface area (Å²) in [5, 5.41) is 4.18. The van der Waals surface area contributed by atoms with Gasteiger partial charge in [-0.15, -0.1) is 5.10 Å². The maximum absolute atomic E-state index is 14.3. The quantitative estimate of drug-likeness (QED) is 0.621. The number of hydrogen-bond acceptors (Lipinski definition) is 4. The molecule has 3 rings (SSSR count). The van der Waals surface area contributed by atoms with Crippen molar-refractivity contribution in [1.82, 2.24) is 14.8 Å². The highest BCUT2D eigenvalue weighted by molar-refractivity contribution is 5.98. The zero-order valence-electron chi connectivity index (χ0n) is 14.8. The molecule has 3 aromatic rings. The first-order chi connectivity index (χ1) is 12.6. The lowest BCUT2D eigenvalue weighted by Crippen LogP contribution is -2.16. The maximum atomic E-state index is 14.3. The SMILES string of the molecule is CCCCOc1nc(-c2ccccc2F)n(C(=O)c2ccccc2C)n1. The van der Waals surface area contributed by atoms with Crippen molar-refractivity contribution in [3.8, 4) is 17.4 Å². The summed E-state index contributed by atoms with van der Waals surface area (Å²) in [5.74, 6) is -0.721. The lowest BCUT2D eigenvalue weighted by atomic mass is 10.1. The van der Waals surface area contributed by atoms with E-state index < -0.39 is 5.82 Å². The van der Waals surface area contributed by atoms with Gasteiger partial charge in [-0.25, -0.2) is 4.39 Å². The number of hydrogen-bond donors (Lipinski definition) is 0. The van der Waals surface area contributed by atoms with Crippen molar-refractivity contribution in [1.29, 1.82) is 0 Å². The Labute approximate surface area is 151 Å². The Morgan fingerprint density at radius 3 is 2.62 bits per heavy atom. The van der Waals surface area contributed by atoms with E-state index in [4.69, 9.17) is 4.74 Å². The molecule has 0 amide bonds. The number of nitrogens with zero attached hydrogens (tertiary/aromatic N) is 3. The molecule has 0 saturated carbocycles. The maximum Gasteiger partial charge on any atom is 0.336 e. The third-order valence-corrected chi connectivity index (χ3v) is 4.00. The molecule has 0 aliphatic carbocycles. The van der Waals surface area contributed by atoms with Crippen LogP contribution >= 0.6 is 0 Å². The van der Waals surface area contributed by atoms with Crippen molar-refractivity contribution < 1.29 is 13.9 Å². The summed E-state index contributed by atoms with van der Waals surface area (Å²) in [4.78, 5) is 17.3. The summed E-state index contributed by atoms with van der Waals surface area (Å²) in [7, 11) is 0.